The lowest BCUT2D eigenvalue weighted by Gasteiger charge is -2.12. The average Bonchev–Trinajstić information content (AvgIpc) is 3.30. The Bertz CT molecular complexity index is 1350. The van der Waals surface area contributed by atoms with Crippen LogP contribution in [0.2, 0.25) is 0 Å². The number of hydrogen-bond acceptors (Lipinski definition) is 8. The van der Waals surface area contributed by atoms with Crippen LogP contribution in [0, 0.1) is 23.5 Å². The first-order valence-electron chi connectivity index (χ1n) is 9.16. The van der Waals surface area contributed by atoms with E-state index in [1.165, 1.54) is 49.0 Å². The van der Waals surface area contributed by atoms with Gasteiger partial charge in [0, 0.05) is 17.0 Å². The second-order valence-corrected chi connectivity index (χ2v) is 7.20. The maximum absolute atomic E-state index is 14.7. The highest BCUT2D eigenvalue weighted by molar-refractivity contribution is 7.09. The molecule has 0 unspecified atom stereocenters. The molecule has 32 heavy (non-hydrogen) atoms. The Morgan fingerprint density at radius 3 is 2.84 bits per heavy atom. The minimum absolute atomic E-state index is 0.0290. The van der Waals surface area contributed by atoms with Crippen LogP contribution in [0.4, 0.5) is 26.1 Å². The molecule has 0 aliphatic rings. The van der Waals surface area contributed by atoms with Gasteiger partial charge in [-0.1, -0.05) is 5.92 Å². The summed E-state index contributed by atoms with van der Waals surface area (Å²) in [6.07, 6.45) is 4.28. The summed E-state index contributed by atoms with van der Waals surface area (Å²) in [5.41, 5.74) is 0.287. The van der Waals surface area contributed by atoms with Crippen LogP contribution in [-0.4, -0.2) is 25.8 Å². The molecule has 0 aliphatic heterocycles. The van der Waals surface area contributed by atoms with Gasteiger partial charge in [-0.2, -0.15) is 4.39 Å². The van der Waals surface area contributed by atoms with E-state index >= 15 is 0 Å². The van der Waals surface area contributed by atoms with Gasteiger partial charge < -0.3 is 10.1 Å². The van der Waals surface area contributed by atoms with E-state index in [-0.39, 0.29) is 29.7 Å². The summed E-state index contributed by atoms with van der Waals surface area (Å²) in [6.45, 7) is 1.56. The molecule has 3 aromatic heterocycles. The molecule has 0 aliphatic carbocycles. The Morgan fingerprint density at radius 2 is 2.06 bits per heavy atom. The van der Waals surface area contributed by atoms with Crippen molar-refractivity contribution in [2.45, 2.75) is 13.5 Å². The number of rotatable bonds is 6. The van der Waals surface area contributed by atoms with Gasteiger partial charge in [0.15, 0.2) is 11.6 Å². The summed E-state index contributed by atoms with van der Waals surface area (Å²) in [5, 5.41) is 8.11. The number of nitrogens with one attached hydrogen (secondary N) is 2. The molecule has 0 bridgehead atoms. The minimum atomic E-state index is -1.14. The predicted molar refractivity (Wildman–Crippen MR) is 115 cm³/mol. The van der Waals surface area contributed by atoms with E-state index < -0.39 is 17.5 Å². The van der Waals surface area contributed by atoms with Crippen molar-refractivity contribution in [3.8, 4) is 17.6 Å². The quantitative estimate of drug-likeness (QED) is 0.426. The van der Waals surface area contributed by atoms with Crippen molar-refractivity contribution in [3.05, 3.63) is 58.9 Å². The lowest BCUT2D eigenvalue weighted by atomic mass is 10.2. The molecular weight excluding hydrogens is 438 g/mol. The number of pyridine rings is 1. The van der Waals surface area contributed by atoms with Gasteiger partial charge in [-0.15, -0.1) is 11.3 Å². The first-order chi connectivity index (χ1) is 15.5. The Hall–Kier alpha value is -4.17. The van der Waals surface area contributed by atoms with Crippen LogP contribution in [0.25, 0.3) is 10.9 Å². The lowest BCUT2D eigenvalue weighted by molar-refractivity contribution is -0.111. The first-order valence-corrected chi connectivity index (χ1v) is 10.0. The summed E-state index contributed by atoms with van der Waals surface area (Å²) in [7, 11) is 0. The predicted octanol–water partition coefficient (Wildman–Crippen LogP) is 4.04. The first kappa shape index (κ1) is 21.1. The van der Waals surface area contributed by atoms with Crippen molar-refractivity contribution in [2.24, 2.45) is 0 Å². The Morgan fingerprint density at radius 1 is 1.19 bits per heavy atom. The summed E-state index contributed by atoms with van der Waals surface area (Å²) in [6, 6.07) is 4.16. The molecule has 0 atom stereocenters. The van der Waals surface area contributed by atoms with Crippen molar-refractivity contribution in [2.75, 3.05) is 10.6 Å². The second kappa shape index (κ2) is 9.32. The van der Waals surface area contributed by atoms with Crippen LogP contribution >= 0.6 is 11.3 Å². The normalized spacial score (nSPS) is 10.3. The third-order valence-electron chi connectivity index (χ3n) is 4.14. The molecule has 1 aromatic carbocycles. The number of hydrogen-bond donors (Lipinski definition) is 2. The largest absolute Gasteiger partial charge is 0.483 e. The molecule has 0 fully saturated rings. The minimum Gasteiger partial charge on any atom is -0.483 e. The molecule has 3 heterocycles. The number of carbonyl (C=O) groups is 1. The molecule has 1 amide bonds. The highest BCUT2D eigenvalue weighted by atomic mass is 32.1. The molecular formula is C21H14F2N6O2S. The molecule has 160 valence electrons. The number of halogens is 2. The number of nitrogens with zero attached hydrogens (tertiary/aromatic N) is 4. The van der Waals surface area contributed by atoms with E-state index in [2.05, 4.69) is 42.4 Å². The second-order valence-electron chi connectivity index (χ2n) is 6.22. The highest BCUT2D eigenvalue weighted by Crippen LogP contribution is 2.30. The third kappa shape index (κ3) is 4.60. The third-order valence-corrected chi connectivity index (χ3v) is 4.89. The van der Waals surface area contributed by atoms with Crippen LogP contribution in [0.5, 0.6) is 5.75 Å². The van der Waals surface area contributed by atoms with Gasteiger partial charge in [0.1, 0.15) is 29.6 Å². The van der Waals surface area contributed by atoms with Crippen LogP contribution < -0.4 is 15.4 Å². The maximum Gasteiger partial charge on any atom is 0.301 e. The molecule has 11 heteroatoms. The van der Waals surface area contributed by atoms with Crippen LogP contribution in [0.15, 0.2) is 42.3 Å². The molecule has 0 radical (unpaired) electrons. The van der Waals surface area contributed by atoms with Crippen molar-refractivity contribution >= 4 is 45.5 Å². The molecule has 4 aromatic rings. The van der Waals surface area contributed by atoms with Gasteiger partial charge in [-0.25, -0.2) is 24.3 Å². The van der Waals surface area contributed by atoms with Crippen molar-refractivity contribution < 1.29 is 18.3 Å². The number of thiazole rings is 1. The topological polar surface area (TPSA) is 102 Å². The Kier molecular flexibility index (Phi) is 6.14. The molecule has 0 spiro atoms. The van der Waals surface area contributed by atoms with Gasteiger partial charge in [-0.05, 0) is 31.0 Å². The van der Waals surface area contributed by atoms with E-state index in [9.17, 15) is 13.6 Å². The monoisotopic (exact) mass is 452 g/mol. The van der Waals surface area contributed by atoms with Gasteiger partial charge in [0.05, 0.1) is 17.4 Å². The molecule has 2 N–H and O–H groups in total. The highest BCUT2D eigenvalue weighted by Gasteiger charge is 2.17. The van der Waals surface area contributed by atoms with E-state index in [1.54, 1.807) is 11.6 Å². The van der Waals surface area contributed by atoms with Gasteiger partial charge in [-0.3, -0.25) is 10.1 Å². The summed E-state index contributed by atoms with van der Waals surface area (Å²) >= 11 is 1.35. The van der Waals surface area contributed by atoms with E-state index in [1.807, 2.05) is 0 Å². The number of ether oxygens (including phenoxy) is 1. The molecule has 8 nitrogen and oxygen atoms in total. The average molecular weight is 452 g/mol. The number of fused-ring (bicyclic) bond motifs is 1. The fraction of sp³-hybridized carbons (Fsp3) is 0.0952. The zero-order chi connectivity index (χ0) is 22.5. The van der Waals surface area contributed by atoms with Gasteiger partial charge >= 0.3 is 5.91 Å². The molecule has 0 saturated heterocycles. The van der Waals surface area contributed by atoms with Crippen molar-refractivity contribution in [1.82, 2.24) is 19.9 Å². The van der Waals surface area contributed by atoms with Gasteiger partial charge in [0.2, 0.25) is 5.82 Å². The fourth-order valence-electron chi connectivity index (χ4n) is 2.72. The van der Waals surface area contributed by atoms with Crippen LogP contribution in [-0.2, 0) is 11.4 Å². The molecule has 0 saturated carbocycles. The van der Waals surface area contributed by atoms with E-state index in [4.69, 9.17) is 4.74 Å². The number of anilines is 3. The zero-order valence-corrected chi connectivity index (χ0v) is 17.3. The smallest absolute Gasteiger partial charge is 0.301 e. The van der Waals surface area contributed by atoms with Crippen LogP contribution in [0.3, 0.4) is 0 Å². The number of carbonyl (C=O) groups excluding carboxylic acids is 1. The van der Waals surface area contributed by atoms with E-state index in [0.29, 0.717) is 15.9 Å². The maximum atomic E-state index is 14.7. The fourth-order valence-corrected chi connectivity index (χ4v) is 3.25. The van der Waals surface area contributed by atoms with Crippen LogP contribution in [0.1, 0.15) is 11.9 Å². The summed E-state index contributed by atoms with van der Waals surface area (Å²) in [5.74, 6) is 2.19. The van der Waals surface area contributed by atoms with E-state index in [0.717, 1.165) is 0 Å². The summed E-state index contributed by atoms with van der Waals surface area (Å²) in [4.78, 5) is 28.0. The Balaban J connectivity index is 1.60. The number of aromatic nitrogens is 4. The number of benzene rings is 1. The zero-order valence-electron chi connectivity index (χ0n) is 16.5. The van der Waals surface area contributed by atoms with Gasteiger partial charge in [0.25, 0.3) is 0 Å². The standard InChI is InChI=1S/C21H14F2N6O2S/c1-2-3-17(30)29-16-8-12-14(9-25-16)26-11-27-21(12)28-13-4-5-15(20(23)19(13)22)31-10-18-24-6-7-32-18/h4-9,11H,10H2,1H3,(H,25,29,30)(H,26,27,28). The SMILES string of the molecule is CC#CC(=O)Nc1cc2c(Nc3ccc(OCc4nccs4)c(F)c3F)ncnc2cn1. The van der Waals surface area contributed by atoms with Crippen molar-refractivity contribution in [3.63, 3.8) is 0 Å². The molecule has 4 rings (SSSR count). The van der Waals surface area contributed by atoms with Crippen molar-refractivity contribution in [1.29, 1.82) is 0 Å². The Labute approximate surface area is 184 Å². The number of amides is 1. The lowest BCUT2D eigenvalue weighted by Crippen LogP contribution is -2.10. The summed E-state index contributed by atoms with van der Waals surface area (Å²) < 4.78 is 34.5.